The lowest BCUT2D eigenvalue weighted by atomic mass is 9.81. The van der Waals surface area contributed by atoms with Crippen LogP contribution in [-0.2, 0) is 0 Å². The Morgan fingerprint density at radius 1 is 1.25 bits per heavy atom. The highest BCUT2D eigenvalue weighted by atomic mass is 79.9. The third-order valence-corrected chi connectivity index (χ3v) is 4.11. The summed E-state index contributed by atoms with van der Waals surface area (Å²) in [6.45, 7) is 0. The van der Waals surface area contributed by atoms with E-state index in [1.165, 1.54) is 19.3 Å². The van der Waals surface area contributed by atoms with Gasteiger partial charge in [-0.25, -0.2) is 4.39 Å². The van der Waals surface area contributed by atoms with Gasteiger partial charge in [0.15, 0.2) is 0 Å². The van der Waals surface area contributed by atoms with Gasteiger partial charge in [0.05, 0.1) is 4.47 Å². The molecule has 1 atom stereocenters. The van der Waals surface area contributed by atoms with Crippen molar-refractivity contribution in [1.29, 1.82) is 0 Å². The molecule has 2 rings (SSSR count). The average molecular weight is 286 g/mol. The van der Waals surface area contributed by atoms with Gasteiger partial charge in [-0.05, 0) is 40.8 Å². The lowest BCUT2D eigenvalue weighted by Gasteiger charge is -2.28. The first kappa shape index (κ1) is 12.1. The van der Waals surface area contributed by atoms with E-state index in [0.717, 1.165) is 12.8 Å². The Kier molecular flexibility index (Phi) is 3.98. The molecule has 0 radical (unpaired) electrons. The highest BCUT2D eigenvalue weighted by Crippen LogP contribution is 2.34. The summed E-state index contributed by atoms with van der Waals surface area (Å²) in [6.07, 6.45) is 6.02. The lowest BCUT2D eigenvalue weighted by Crippen LogP contribution is -2.24. The van der Waals surface area contributed by atoms with E-state index in [9.17, 15) is 4.39 Å². The molecule has 0 spiro atoms. The van der Waals surface area contributed by atoms with Crippen LogP contribution in [0.4, 0.5) is 4.39 Å². The van der Waals surface area contributed by atoms with Crippen LogP contribution in [0.2, 0.25) is 0 Å². The van der Waals surface area contributed by atoms with Gasteiger partial charge in [-0.2, -0.15) is 0 Å². The van der Waals surface area contributed by atoms with E-state index in [-0.39, 0.29) is 11.9 Å². The predicted octanol–water partition coefficient (Wildman–Crippen LogP) is 4.17. The Bertz CT molecular complexity index is 361. The summed E-state index contributed by atoms with van der Waals surface area (Å²) in [7, 11) is 0. The van der Waals surface area contributed by atoms with Gasteiger partial charge < -0.3 is 5.73 Å². The quantitative estimate of drug-likeness (QED) is 0.867. The summed E-state index contributed by atoms with van der Waals surface area (Å²) in [5, 5.41) is 0. The van der Waals surface area contributed by atoms with Gasteiger partial charge in [0.1, 0.15) is 5.82 Å². The Morgan fingerprint density at radius 3 is 2.62 bits per heavy atom. The molecule has 16 heavy (non-hydrogen) atoms. The van der Waals surface area contributed by atoms with E-state index >= 15 is 0 Å². The van der Waals surface area contributed by atoms with Gasteiger partial charge in [0, 0.05) is 11.6 Å². The SMILES string of the molecule is N[C@@H](c1cccc(Br)c1F)C1CCCCC1. The molecule has 0 amide bonds. The minimum Gasteiger partial charge on any atom is -0.324 e. The van der Waals surface area contributed by atoms with Crippen molar-refractivity contribution in [2.24, 2.45) is 11.7 Å². The Labute approximate surface area is 104 Å². The van der Waals surface area contributed by atoms with E-state index in [2.05, 4.69) is 15.9 Å². The molecule has 1 aromatic carbocycles. The van der Waals surface area contributed by atoms with Gasteiger partial charge in [-0.15, -0.1) is 0 Å². The van der Waals surface area contributed by atoms with E-state index in [4.69, 9.17) is 5.73 Å². The summed E-state index contributed by atoms with van der Waals surface area (Å²) in [4.78, 5) is 0. The summed E-state index contributed by atoms with van der Waals surface area (Å²) in [6, 6.07) is 5.22. The molecule has 1 fully saturated rings. The van der Waals surface area contributed by atoms with Crippen LogP contribution in [0, 0.1) is 11.7 Å². The van der Waals surface area contributed by atoms with Crippen LogP contribution in [-0.4, -0.2) is 0 Å². The molecule has 1 aliphatic rings. The molecule has 0 heterocycles. The van der Waals surface area contributed by atoms with E-state index < -0.39 is 0 Å². The highest BCUT2D eigenvalue weighted by Gasteiger charge is 2.24. The van der Waals surface area contributed by atoms with Crippen LogP contribution < -0.4 is 5.73 Å². The molecular weight excluding hydrogens is 269 g/mol. The van der Waals surface area contributed by atoms with Crippen molar-refractivity contribution in [3.05, 3.63) is 34.1 Å². The molecule has 2 N–H and O–H groups in total. The monoisotopic (exact) mass is 285 g/mol. The molecule has 1 aliphatic carbocycles. The van der Waals surface area contributed by atoms with Crippen molar-refractivity contribution in [1.82, 2.24) is 0 Å². The number of hydrogen-bond acceptors (Lipinski definition) is 1. The van der Waals surface area contributed by atoms with E-state index in [1.54, 1.807) is 12.1 Å². The summed E-state index contributed by atoms with van der Waals surface area (Å²) < 4.78 is 14.4. The van der Waals surface area contributed by atoms with Crippen LogP contribution in [0.25, 0.3) is 0 Å². The first-order valence-corrected chi connectivity index (χ1v) is 6.69. The number of benzene rings is 1. The zero-order chi connectivity index (χ0) is 11.5. The first-order chi connectivity index (χ1) is 7.70. The van der Waals surface area contributed by atoms with E-state index in [0.29, 0.717) is 16.0 Å². The van der Waals surface area contributed by atoms with Gasteiger partial charge in [-0.1, -0.05) is 31.4 Å². The van der Waals surface area contributed by atoms with E-state index in [1.807, 2.05) is 6.07 Å². The topological polar surface area (TPSA) is 26.0 Å². The van der Waals surface area contributed by atoms with Gasteiger partial charge in [-0.3, -0.25) is 0 Å². The predicted molar refractivity (Wildman–Crippen MR) is 67.6 cm³/mol. The second-order valence-corrected chi connectivity index (χ2v) is 5.42. The molecule has 1 nitrogen and oxygen atoms in total. The molecule has 1 saturated carbocycles. The third kappa shape index (κ3) is 2.46. The summed E-state index contributed by atoms with van der Waals surface area (Å²) in [5.41, 5.74) is 6.83. The van der Waals surface area contributed by atoms with Crippen molar-refractivity contribution in [2.75, 3.05) is 0 Å². The number of hydrogen-bond donors (Lipinski definition) is 1. The zero-order valence-electron chi connectivity index (χ0n) is 9.26. The summed E-state index contributed by atoms with van der Waals surface area (Å²) in [5.74, 6) is 0.248. The lowest BCUT2D eigenvalue weighted by molar-refractivity contribution is 0.303. The maximum absolute atomic E-state index is 13.9. The van der Waals surface area contributed by atoms with Crippen molar-refractivity contribution in [2.45, 2.75) is 38.1 Å². The fraction of sp³-hybridized carbons (Fsp3) is 0.538. The molecule has 0 unspecified atom stereocenters. The smallest absolute Gasteiger partial charge is 0.142 e. The zero-order valence-corrected chi connectivity index (χ0v) is 10.8. The van der Waals surface area contributed by atoms with Gasteiger partial charge in [0.2, 0.25) is 0 Å². The second kappa shape index (κ2) is 5.28. The minimum absolute atomic E-state index is 0.155. The molecule has 3 heteroatoms. The Balaban J connectivity index is 2.19. The first-order valence-electron chi connectivity index (χ1n) is 5.89. The molecular formula is C13H17BrFN. The molecule has 0 aliphatic heterocycles. The number of nitrogens with two attached hydrogens (primary N) is 1. The van der Waals surface area contributed by atoms with Crippen LogP contribution >= 0.6 is 15.9 Å². The largest absolute Gasteiger partial charge is 0.324 e. The van der Waals surface area contributed by atoms with Crippen molar-refractivity contribution < 1.29 is 4.39 Å². The van der Waals surface area contributed by atoms with Crippen molar-refractivity contribution >= 4 is 15.9 Å². The number of halogens is 2. The average Bonchev–Trinajstić information content (AvgIpc) is 2.33. The summed E-state index contributed by atoms with van der Waals surface area (Å²) >= 11 is 3.21. The van der Waals surface area contributed by atoms with Crippen molar-refractivity contribution in [3.8, 4) is 0 Å². The standard InChI is InChI=1S/C13H17BrFN/c14-11-8-4-7-10(12(11)15)13(16)9-5-2-1-3-6-9/h4,7-9,13H,1-3,5-6,16H2/t13-/m1/s1. The van der Waals surface area contributed by atoms with Gasteiger partial charge >= 0.3 is 0 Å². The normalized spacial score (nSPS) is 19.7. The molecule has 1 aromatic rings. The van der Waals surface area contributed by atoms with Crippen LogP contribution in [0.5, 0.6) is 0 Å². The molecule has 0 aromatic heterocycles. The minimum atomic E-state index is -0.194. The van der Waals surface area contributed by atoms with Crippen LogP contribution in [0.1, 0.15) is 43.7 Å². The molecule has 88 valence electrons. The second-order valence-electron chi connectivity index (χ2n) is 4.57. The third-order valence-electron chi connectivity index (χ3n) is 3.50. The van der Waals surface area contributed by atoms with Crippen LogP contribution in [0.15, 0.2) is 22.7 Å². The van der Waals surface area contributed by atoms with Crippen LogP contribution in [0.3, 0.4) is 0 Å². The Morgan fingerprint density at radius 2 is 1.94 bits per heavy atom. The van der Waals surface area contributed by atoms with Gasteiger partial charge in [0.25, 0.3) is 0 Å². The van der Waals surface area contributed by atoms with Crippen molar-refractivity contribution in [3.63, 3.8) is 0 Å². The highest BCUT2D eigenvalue weighted by molar-refractivity contribution is 9.10. The molecule has 0 saturated heterocycles. The number of rotatable bonds is 2. The maximum Gasteiger partial charge on any atom is 0.142 e. The fourth-order valence-electron chi connectivity index (χ4n) is 2.53. The maximum atomic E-state index is 13.9. The Hall–Kier alpha value is -0.410. The fourth-order valence-corrected chi connectivity index (χ4v) is 2.91. The molecule has 0 bridgehead atoms.